The first kappa shape index (κ1) is 11.7. The summed E-state index contributed by atoms with van der Waals surface area (Å²) in [5, 5.41) is 3.05. The zero-order chi connectivity index (χ0) is 12.6. The molecule has 2 fully saturated rings. The van der Waals surface area contributed by atoms with Gasteiger partial charge in [0.05, 0.1) is 5.41 Å². The first-order chi connectivity index (χ1) is 8.72. The predicted molar refractivity (Wildman–Crippen MR) is 69.2 cm³/mol. The second-order valence-electron chi connectivity index (χ2n) is 5.48. The minimum absolute atomic E-state index is 0.221. The summed E-state index contributed by atoms with van der Waals surface area (Å²) in [4.78, 5) is 19.0. The Kier molecular flexibility index (Phi) is 2.82. The van der Waals surface area contributed by atoms with Crippen LogP contribution in [0.2, 0.25) is 0 Å². The molecule has 0 aliphatic carbocycles. The molecule has 1 amide bonds. The second kappa shape index (κ2) is 4.35. The average molecular weight is 245 g/mol. The third-order valence-electron chi connectivity index (χ3n) is 4.51. The molecule has 0 aromatic carbocycles. The number of amides is 1. The predicted octanol–water partition coefficient (Wildman–Crippen LogP) is 1.01. The molecule has 96 valence electrons. The SMILES string of the molecule is CN1CCC2(CC1)C(=O)NCC2c1ccccn1. The normalized spacial score (nSPS) is 27.4. The highest BCUT2D eigenvalue weighted by Gasteiger charge is 2.52. The highest BCUT2D eigenvalue weighted by atomic mass is 16.2. The summed E-state index contributed by atoms with van der Waals surface area (Å²) in [6.45, 7) is 2.73. The highest BCUT2D eigenvalue weighted by Crippen LogP contribution is 2.46. The zero-order valence-corrected chi connectivity index (χ0v) is 10.7. The molecule has 2 aliphatic heterocycles. The topological polar surface area (TPSA) is 45.2 Å². The van der Waals surface area contributed by atoms with Gasteiger partial charge in [-0.15, -0.1) is 0 Å². The number of piperidine rings is 1. The first-order valence-electron chi connectivity index (χ1n) is 6.60. The van der Waals surface area contributed by atoms with Crippen LogP contribution in [0.1, 0.15) is 24.5 Å². The molecule has 2 saturated heterocycles. The van der Waals surface area contributed by atoms with Gasteiger partial charge in [-0.05, 0) is 45.1 Å². The van der Waals surface area contributed by atoms with Gasteiger partial charge in [0.2, 0.25) is 5.91 Å². The molecule has 0 bridgehead atoms. The molecule has 4 nitrogen and oxygen atoms in total. The fourth-order valence-corrected chi connectivity index (χ4v) is 3.29. The van der Waals surface area contributed by atoms with Crippen LogP contribution >= 0.6 is 0 Å². The van der Waals surface area contributed by atoms with Crippen LogP contribution in [0.3, 0.4) is 0 Å². The van der Waals surface area contributed by atoms with Crippen molar-refractivity contribution in [2.24, 2.45) is 5.41 Å². The summed E-state index contributed by atoms with van der Waals surface area (Å²) in [6, 6.07) is 5.98. The third kappa shape index (κ3) is 1.72. The van der Waals surface area contributed by atoms with Crippen LogP contribution in [0.25, 0.3) is 0 Å². The van der Waals surface area contributed by atoms with E-state index in [2.05, 4.69) is 22.2 Å². The molecule has 1 aromatic rings. The van der Waals surface area contributed by atoms with E-state index in [9.17, 15) is 4.79 Å². The molecule has 3 rings (SSSR count). The van der Waals surface area contributed by atoms with Crippen molar-refractivity contribution in [1.29, 1.82) is 0 Å². The number of rotatable bonds is 1. The van der Waals surface area contributed by atoms with Crippen LogP contribution in [0.5, 0.6) is 0 Å². The summed E-state index contributed by atoms with van der Waals surface area (Å²) in [5.74, 6) is 0.464. The molecule has 2 aliphatic rings. The molecule has 1 atom stereocenters. The fourth-order valence-electron chi connectivity index (χ4n) is 3.29. The molecule has 1 spiro atoms. The number of likely N-dealkylation sites (tertiary alicyclic amines) is 1. The van der Waals surface area contributed by atoms with Gasteiger partial charge < -0.3 is 10.2 Å². The second-order valence-corrected chi connectivity index (χ2v) is 5.48. The molecular weight excluding hydrogens is 226 g/mol. The van der Waals surface area contributed by atoms with Crippen molar-refractivity contribution < 1.29 is 4.79 Å². The smallest absolute Gasteiger partial charge is 0.227 e. The van der Waals surface area contributed by atoms with Gasteiger partial charge >= 0.3 is 0 Å². The Morgan fingerprint density at radius 2 is 2.17 bits per heavy atom. The summed E-state index contributed by atoms with van der Waals surface area (Å²) in [6.07, 6.45) is 3.70. The van der Waals surface area contributed by atoms with Gasteiger partial charge in [0.15, 0.2) is 0 Å². The number of pyridine rings is 1. The number of carbonyl (C=O) groups is 1. The number of carbonyl (C=O) groups excluding carboxylic acids is 1. The molecule has 0 saturated carbocycles. The van der Waals surface area contributed by atoms with E-state index >= 15 is 0 Å². The lowest BCUT2D eigenvalue weighted by Crippen LogP contribution is -2.44. The van der Waals surface area contributed by atoms with Crippen molar-refractivity contribution in [3.8, 4) is 0 Å². The molecule has 18 heavy (non-hydrogen) atoms. The molecule has 0 radical (unpaired) electrons. The molecular formula is C14H19N3O. The third-order valence-corrected chi connectivity index (χ3v) is 4.51. The number of nitrogens with zero attached hydrogens (tertiary/aromatic N) is 2. The Bertz CT molecular complexity index is 438. The van der Waals surface area contributed by atoms with Crippen molar-refractivity contribution in [1.82, 2.24) is 15.2 Å². The number of nitrogens with one attached hydrogen (secondary N) is 1. The van der Waals surface area contributed by atoms with E-state index in [1.807, 2.05) is 24.4 Å². The maximum absolute atomic E-state index is 12.3. The van der Waals surface area contributed by atoms with E-state index in [4.69, 9.17) is 0 Å². The van der Waals surface area contributed by atoms with Crippen LogP contribution in [-0.4, -0.2) is 42.5 Å². The zero-order valence-electron chi connectivity index (χ0n) is 10.7. The fraction of sp³-hybridized carbons (Fsp3) is 0.571. The maximum Gasteiger partial charge on any atom is 0.227 e. The van der Waals surface area contributed by atoms with E-state index in [1.165, 1.54) is 0 Å². The van der Waals surface area contributed by atoms with Crippen molar-refractivity contribution in [3.63, 3.8) is 0 Å². The van der Waals surface area contributed by atoms with Gasteiger partial charge in [0.25, 0.3) is 0 Å². The Labute approximate surface area is 107 Å². The Balaban J connectivity index is 1.93. The number of aromatic nitrogens is 1. The number of hydrogen-bond acceptors (Lipinski definition) is 3. The van der Waals surface area contributed by atoms with Crippen molar-refractivity contribution in [2.75, 3.05) is 26.7 Å². The summed E-state index contributed by atoms with van der Waals surface area (Å²) < 4.78 is 0. The van der Waals surface area contributed by atoms with Crippen LogP contribution in [-0.2, 0) is 4.79 Å². The Morgan fingerprint density at radius 3 is 2.83 bits per heavy atom. The van der Waals surface area contributed by atoms with Gasteiger partial charge in [0, 0.05) is 24.4 Å². The van der Waals surface area contributed by atoms with Crippen LogP contribution in [0, 0.1) is 5.41 Å². The lowest BCUT2D eigenvalue weighted by molar-refractivity contribution is -0.130. The van der Waals surface area contributed by atoms with Gasteiger partial charge in [-0.3, -0.25) is 9.78 Å². The molecule has 3 heterocycles. The summed E-state index contributed by atoms with van der Waals surface area (Å²) >= 11 is 0. The minimum Gasteiger partial charge on any atom is -0.355 e. The maximum atomic E-state index is 12.3. The lowest BCUT2D eigenvalue weighted by Gasteiger charge is -2.39. The average Bonchev–Trinajstić information content (AvgIpc) is 2.72. The Morgan fingerprint density at radius 1 is 1.39 bits per heavy atom. The quantitative estimate of drug-likeness (QED) is 0.803. The number of hydrogen-bond donors (Lipinski definition) is 1. The standard InChI is InChI=1S/C14H19N3O/c1-17-8-5-14(6-9-17)11(10-16-13(14)18)12-4-2-3-7-15-12/h2-4,7,11H,5-6,8-10H2,1H3,(H,16,18). The van der Waals surface area contributed by atoms with E-state index in [1.54, 1.807) is 0 Å². The van der Waals surface area contributed by atoms with Crippen molar-refractivity contribution in [3.05, 3.63) is 30.1 Å². The van der Waals surface area contributed by atoms with Crippen LogP contribution in [0.15, 0.2) is 24.4 Å². The van der Waals surface area contributed by atoms with Gasteiger partial charge in [-0.25, -0.2) is 0 Å². The van der Waals surface area contributed by atoms with E-state index in [0.717, 1.165) is 38.2 Å². The minimum atomic E-state index is -0.221. The monoisotopic (exact) mass is 245 g/mol. The van der Waals surface area contributed by atoms with Crippen LogP contribution in [0.4, 0.5) is 0 Å². The highest BCUT2D eigenvalue weighted by molar-refractivity contribution is 5.86. The molecule has 4 heteroatoms. The van der Waals surface area contributed by atoms with E-state index in [0.29, 0.717) is 0 Å². The molecule has 1 aromatic heterocycles. The first-order valence-corrected chi connectivity index (χ1v) is 6.60. The molecule has 1 unspecified atom stereocenters. The van der Waals surface area contributed by atoms with Gasteiger partial charge in [-0.1, -0.05) is 6.07 Å². The van der Waals surface area contributed by atoms with Crippen molar-refractivity contribution in [2.45, 2.75) is 18.8 Å². The van der Waals surface area contributed by atoms with E-state index < -0.39 is 0 Å². The Hall–Kier alpha value is -1.42. The lowest BCUT2D eigenvalue weighted by atomic mass is 9.69. The summed E-state index contributed by atoms with van der Waals surface area (Å²) in [7, 11) is 2.12. The van der Waals surface area contributed by atoms with Gasteiger partial charge in [-0.2, -0.15) is 0 Å². The van der Waals surface area contributed by atoms with Crippen LogP contribution < -0.4 is 5.32 Å². The van der Waals surface area contributed by atoms with Gasteiger partial charge in [0.1, 0.15) is 0 Å². The molecule has 1 N–H and O–H groups in total. The van der Waals surface area contributed by atoms with E-state index in [-0.39, 0.29) is 17.2 Å². The largest absolute Gasteiger partial charge is 0.355 e. The van der Waals surface area contributed by atoms with Crippen molar-refractivity contribution >= 4 is 5.91 Å². The summed E-state index contributed by atoms with van der Waals surface area (Å²) in [5.41, 5.74) is 0.835.